The Bertz CT molecular complexity index is 1590. The van der Waals surface area contributed by atoms with Crippen LogP contribution in [-0.2, 0) is 15.6 Å². The summed E-state index contributed by atoms with van der Waals surface area (Å²) in [7, 11) is -2.47. The molecule has 0 aliphatic carbocycles. The van der Waals surface area contributed by atoms with Crippen molar-refractivity contribution in [3.8, 4) is 11.4 Å². The van der Waals surface area contributed by atoms with Crippen LogP contribution in [-0.4, -0.2) is 41.5 Å². The highest BCUT2D eigenvalue weighted by Gasteiger charge is 2.43. The van der Waals surface area contributed by atoms with Crippen LogP contribution in [0.25, 0.3) is 22.3 Å². The third-order valence-corrected chi connectivity index (χ3v) is 9.04. The highest BCUT2D eigenvalue weighted by Crippen LogP contribution is 2.33. The van der Waals surface area contributed by atoms with Gasteiger partial charge in [0.2, 0.25) is 16.0 Å². The topological polar surface area (TPSA) is 111 Å². The summed E-state index contributed by atoms with van der Waals surface area (Å²) in [6, 6.07) is 14.1. The van der Waals surface area contributed by atoms with Crippen LogP contribution in [0.2, 0.25) is 0 Å². The first-order chi connectivity index (χ1) is 16.5. The summed E-state index contributed by atoms with van der Waals surface area (Å²) in [4.78, 5) is 9.30. The third kappa shape index (κ3) is 4.48. The molecule has 1 fully saturated rings. The summed E-state index contributed by atoms with van der Waals surface area (Å²) < 4.78 is 41.6. The van der Waals surface area contributed by atoms with Crippen molar-refractivity contribution < 1.29 is 12.8 Å². The maximum Gasteiger partial charge on any atom is 0.239 e. The van der Waals surface area contributed by atoms with E-state index < -0.39 is 21.4 Å². The number of nitrogens with zero attached hydrogens (tertiary/aromatic N) is 3. The third-order valence-electron chi connectivity index (χ3n) is 5.83. The van der Waals surface area contributed by atoms with E-state index in [0.717, 1.165) is 25.4 Å². The fraction of sp³-hybridized carbons (Fsp3) is 0.174. The predicted octanol–water partition coefficient (Wildman–Crippen LogP) is 5.02. The number of anilines is 2. The fourth-order valence-corrected chi connectivity index (χ4v) is 6.54. The van der Waals surface area contributed by atoms with E-state index in [1.165, 1.54) is 24.5 Å². The number of hydrogen-bond donors (Lipinski definition) is 3. The largest absolute Gasteiger partial charge is 0.345 e. The molecule has 4 aromatic rings. The zero-order chi connectivity index (χ0) is 25.0. The van der Waals surface area contributed by atoms with Crippen molar-refractivity contribution in [3.63, 3.8) is 0 Å². The predicted molar refractivity (Wildman–Crippen MR) is 140 cm³/mol. The molecule has 3 N–H and O–H groups in total. The molecule has 12 heteroatoms. The smallest absolute Gasteiger partial charge is 0.239 e. The van der Waals surface area contributed by atoms with E-state index in [4.69, 9.17) is 5.41 Å². The van der Waals surface area contributed by atoms with E-state index in [1.807, 2.05) is 35.7 Å². The van der Waals surface area contributed by atoms with Gasteiger partial charge in [-0.2, -0.15) is 0 Å². The van der Waals surface area contributed by atoms with Crippen LogP contribution in [0.4, 0.5) is 15.2 Å². The summed E-state index contributed by atoms with van der Waals surface area (Å²) in [6.45, 7) is 1.57. The van der Waals surface area contributed by atoms with Crippen molar-refractivity contribution in [2.45, 2.75) is 12.5 Å². The van der Waals surface area contributed by atoms with Crippen molar-refractivity contribution in [1.82, 2.24) is 19.6 Å². The van der Waals surface area contributed by atoms with E-state index in [9.17, 15) is 12.8 Å². The summed E-state index contributed by atoms with van der Waals surface area (Å²) in [5.41, 5.74) is 1.68. The van der Waals surface area contributed by atoms with E-state index in [0.29, 0.717) is 16.5 Å². The number of fused-ring (bicyclic) bond motifs is 1. The average molecular weight is 575 g/mol. The van der Waals surface area contributed by atoms with Gasteiger partial charge in [0.1, 0.15) is 11.5 Å². The van der Waals surface area contributed by atoms with Crippen molar-refractivity contribution in [2.75, 3.05) is 18.1 Å². The van der Waals surface area contributed by atoms with Gasteiger partial charge >= 0.3 is 0 Å². The van der Waals surface area contributed by atoms with Gasteiger partial charge in [-0.15, -0.1) is 11.3 Å². The van der Waals surface area contributed by atoms with Gasteiger partial charge in [0.25, 0.3) is 0 Å². The Morgan fingerprint density at radius 3 is 2.74 bits per heavy atom. The summed E-state index contributed by atoms with van der Waals surface area (Å²) in [5, 5.41) is 17.5. The molecule has 1 aliphatic rings. The Balaban J connectivity index is 1.42. The lowest BCUT2D eigenvalue weighted by Crippen LogP contribution is -2.61. The van der Waals surface area contributed by atoms with Crippen molar-refractivity contribution >= 4 is 65.0 Å². The first-order valence-electron chi connectivity index (χ1n) is 10.5. The number of halogens is 2. The van der Waals surface area contributed by atoms with Crippen molar-refractivity contribution in [1.29, 1.82) is 5.41 Å². The number of hydrogen-bond acceptors (Lipinski definition) is 7. The minimum atomic E-state index is -3.76. The van der Waals surface area contributed by atoms with Crippen LogP contribution < -0.4 is 10.6 Å². The molecular weight excluding hydrogens is 555 g/mol. The molecule has 2 aromatic heterocycles. The van der Waals surface area contributed by atoms with E-state index >= 15 is 0 Å². The Hall–Kier alpha value is -3.09. The number of sulfonamides is 1. The highest BCUT2D eigenvalue weighted by molar-refractivity contribution is 9.10. The zero-order valence-corrected chi connectivity index (χ0v) is 21.9. The lowest BCUT2D eigenvalue weighted by atomic mass is 9.93. The van der Waals surface area contributed by atoms with Gasteiger partial charge in [-0.1, -0.05) is 22.0 Å². The number of thiazole rings is 1. The van der Waals surface area contributed by atoms with Crippen LogP contribution in [0, 0.1) is 11.2 Å². The molecule has 3 heterocycles. The second kappa shape index (κ2) is 8.54. The summed E-state index contributed by atoms with van der Waals surface area (Å²) >= 11 is 4.84. The number of guanidine groups is 1. The molecule has 0 saturated carbocycles. The standard InChI is InChI=1S/C23H20BrFN6O2S2/c1-23(12-35(32,33)31(2)21(26)30-23)16-10-15(5-6-17(16)25)27-22-29-20(11-34-22)19-7-3-13-9-14(24)4-8-18(13)28-19/h3-11H,12H2,1-2H3,(H2,26,30)(H,27,29). The van der Waals surface area contributed by atoms with Crippen LogP contribution >= 0.6 is 27.3 Å². The summed E-state index contributed by atoms with van der Waals surface area (Å²) in [5.74, 6) is -1.26. The molecule has 0 bridgehead atoms. The first kappa shape index (κ1) is 23.6. The zero-order valence-electron chi connectivity index (χ0n) is 18.6. The molecule has 8 nitrogen and oxygen atoms in total. The van der Waals surface area contributed by atoms with Gasteiger partial charge in [-0.05, 0) is 49.4 Å². The molecule has 35 heavy (non-hydrogen) atoms. The van der Waals surface area contributed by atoms with Gasteiger partial charge < -0.3 is 10.6 Å². The van der Waals surface area contributed by atoms with Crippen LogP contribution in [0.3, 0.4) is 0 Å². The van der Waals surface area contributed by atoms with E-state index in [-0.39, 0.29) is 17.3 Å². The molecule has 1 atom stereocenters. The van der Waals surface area contributed by atoms with Gasteiger partial charge in [0.15, 0.2) is 5.13 Å². The van der Waals surface area contributed by atoms with Gasteiger partial charge in [-0.3, -0.25) is 5.41 Å². The van der Waals surface area contributed by atoms with Crippen molar-refractivity contribution in [2.24, 2.45) is 0 Å². The normalized spacial score (nSPS) is 19.5. The van der Waals surface area contributed by atoms with Gasteiger partial charge in [-0.25, -0.2) is 27.1 Å². The minimum Gasteiger partial charge on any atom is -0.345 e. The first-order valence-corrected chi connectivity index (χ1v) is 13.7. The number of aromatic nitrogens is 2. The SMILES string of the molecule is CN1C(=N)NC(C)(c2cc(Nc3nc(-c4ccc5cc(Br)ccc5n4)cs3)ccc2F)CS1(=O)=O. The average Bonchev–Trinajstić information content (AvgIpc) is 3.26. The second-order valence-electron chi connectivity index (χ2n) is 8.42. The van der Waals surface area contributed by atoms with Gasteiger partial charge in [0.05, 0.1) is 22.5 Å². The quantitative estimate of drug-likeness (QED) is 0.315. The molecule has 0 spiro atoms. The van der Waals surface area contributed by atoms with Gasteiger partial charge in [0, 0.05) is 33.5 Å². The lowest BCUT2D eigenvalue weighted by Gasteiger charge is -2.40. The second-order valence-corrected chi connectivity index (χ2v) is 12.2. The number of benzene rings is 2. The van der Waals surface area contributed by atoms with E-state index in [2.05, 4.69) is 36.5 Å². The number of pyridine rings is 1. The molecule has 1 saturated heterocycles. The molecule has 0 radical (unpaired) electrons. The molecule has 1 aliphatic heterocycles. The molecular formula is C23H20BrFN6O2S2. The molecule has 1 unspecified atom stereocenters. The highest BCUT2D eigenvalue weighted by atomic mass is 79.9. The van der Waals surface area contributed by atoms with Crippen LogP contribution in [0.1, 0.15) is 12.5 Å². The van der Waals surface area contributed by atoms with Crippen LogP contribution in [0.5, 0.6) is 0 Å². The Labute approximate surface area is 213 Å². The minimum absolute atomic E-state index is 0.142. The Kier molecular flexibility index (Phi) is 5.77. The molecule has 2 aromatic carbocycles. The van der Waals surface area contributed by atoms with Crippen molar-refractivity contribution in [3.05, 3.63) is 69.8 Å². The lowest BCUT2D eigenvalue weighted by molar-refractivity contribution is 0.403. The van der Waals surface area contributed by atoms with E-state index in [1.54, 1.807) is 19.1 Å². The number of rotatable bonds is 4. The number of nitrogens with one attached hydrogen (secondary N) is 3. The maximum atomic E-state index is 14.8. The molecule has 0 amide bonds. The van der Waals surface area contributed by atoms with Crippen LogP contribution in [0.15, 0.2) is 58.4 Å². The Morgan fingerprint density at radius 2 is 1.97 bits per heavy atom. The summed E-state index contributed by atoms with van der Waals surface area (Å²) in [6.07, 6.45) is 0. The molecule has 5 rings (SSSR count). The maximum absolute atomic E-state index is 14.8. The molecule has 180 valence electrons. The Morgan fingerprint density at radius 1 is 1.17 bits per heavy atom. The fourth-order valence-electron chi connectivity index (χ4n) is 3.96. The monoisotopic (exact) mass is 574 g/mol.